The summed E-state index contributed by atoms with van der Waals surface area (Å²) in [5, 5.41) is 7.67. The first-order valence-electron chi connectivity index (χ1n) is 6.26. The Morgan fingerprint density at radius 3 is 3.06 bits per heavy atom. The predicted molar refractivity (Wildman–Crippen MR) is 66.7 cm³/mol. The largest absolute Gasteiger partial charge is 0.493 e. The van der Waals surface area contributed by atoms with Crippen LogP contribution in [-0.4, -0.2) is 49.4 Å². The van der Waals surface area contributed by atoms with Gasteiger partial charge in [-0.15, -0.1) is 0 Å². The van der Waals surface area contributed by atoms with Crippen molar-refractivity contribution < 1.29 is 14.2 Å². The highest BCUT2D eigenvalue weighted by molar-refractivity contribution is 5.29. The van der Waals surface area contributed by atoms with Gasteiger partial charge in [-0.2, -0.15) is 5.10 Å². The van der Waals surface area contributed by atoms with Crippen LogP contribution in [-0.2, 0) is 16.5 Å². The maximum atomic E-state index is 5.79. The van der Waals surface area contributed by atoms with Crippen molar-refractivity contribution in [2.45, 2.75) is 19.1 Å². The SMILES string of the molecule is CCNC(c1c(OC)cnn1C)C1COCCO1. The molecule has 1 saturated heterocycles. The minimum absolute atomic E-state index is 0.0111. The van der Waals surface area contributed by atoms with E-state index in [0.29, 0.717) is 19.8 Å². The van der Waals surface area contributed by atoms with Crippen LogP contribution < -0.4 is 10.1 Å². The van der Waals surface area contributed by atoms with E-state index in [4.69, 9.17) is 14.2 Å². The van der Waals surface area contributed by atoms with Crippen LogP contribution in [0.2, 0.25) is 0 Å². The molecular formula is C12H21N3O3. The smallest absolute Gasteiger partial charge is 0.161 e. The van der Waals surface area contributed by atoms with Crippen LogP contribution in [0.4, 0.5) is 0 Å². The van der Waals surface area contributed by atoms with Gasteiger partial charge in [-0.3, -0.25) is 4.68 Å². The maximum absolute atomic E-state index is 5.79. The summed E-state index contributed by atoms with van der Waals surface area (Å²) in [7, 11) is 3.56. The highest BCUT2D eigenvalue weighted by Crippen LogP contribution is 2.28. The molecular weight excluding hydrogens is 234 g/mol. The molecule has 0 radical (unpaired) electrons. The average Bonchev–Trinajstić information content (AvgIpc) is 2.78. The van der Waals surface area contributed by atoms with E-state index in [0.717, 1.165) is 18.0 Å². The first-order chi connectivity index (χ1) is 8.77. The number of likely N-dealkylation sites (N-methyl/N-ethyl adjacent to an activating group) is 1. The van der Waals surface area contributed by atoms with Gasteiger partial charge in [-0.1, -0.05) is 6.92 Å². The molecule has 0 saturated carbocycles. The van der Waals surface area contributed by atoms with Gasteiger partial charge in [0.15, 0.2) is 5.75 Å². The van der Waals surface area contributed by atoms with E-state index in [-0.39, 0.29) is 12.1 Å². The number of hydrogen-bond acceptors (Lipinski definition) is 5. The van der Waals surface area contributed by atoms with Crippen LogP contribution >= 0.6 is 0 Å². The Morgan fingerprint density at radius 1 is 1.61 bits per heavy atom. The second-order valence-electron chi connectivity index (χ2n) is 4.24. The summed E-state index contributed by atoms with van der Waals surface area (Å²) in [6, 6.07) is 0.0257. The second-order valence-corrected chi connectivity index (χ2v) is 4.24. The van der Waals surface area contributed by atoms with Crippen LogP contribution in [0.25, 0.3) is 0 Å². The molecule has 0 bridgehead atoms. The molecule has 0 amide bonds. The molecule has 1 N–H and O–H groups in total. The van der Waals surface area contributed by atoms with Crippen LogP contribution in [0.15, 0.2) is 6.20 Å². The quantitative estimate of drug-likeness (QED) is 0.830. The molecule has 1 aliphatic rings. The molecule has 2 rings (SSSR count). The van der Waals surface area contributed by atoms with Gasteiger partial charge in [0.05, 0.1) is 44.9 Å². The van der Waals surface area contributed by atoms with Gasteiger partial charge in [-0.25, -0.2) is 0 Å². The first kappa shape index (κ1) is 13.3. The Hall–Kier alpha value is -1.11. The average molecular weight is 255 g/mol. The minimum Gasteiger partial charge on any atom is -0.493 e. The number of nitrogens with one attached hydrogen (secondary N) is 1. The van der Waals surface area contributed by atoms with Crippen molar-refractivity contribution in [2.24, 2.45) is 7.05 Å². The van der Waals surface area contributed by atoms with Crippen LogP contribution in [0, 0.1) is 0 Å². The van der Waals surface area contributed by atoms with Crippen LogP contribution in [0.3, 0.4) is 0 Å². The summed E-state index contributed by atoms with van der Waals surface area (Å²) in [5.74, 6) is 0.776. The van der Waals surface area contributed by atoms with E-state index >= 15 is 0 Å². The van der Waals surface area contributed by atoms with E-state index < -0.39 is 0 Å². The molecule has 2 atom stereocenters. The molecule has 2 heterocycles. The molecule has 0 aliphatic carbocycles. The summed E-state index contributed by atoms with van der Waals surface area (Å²) in [5.41, 5.74) is 0.995. The Morgan fingerprint density at radius 2 is 2.44 bits per heavy atom. The zero-order chi connectivity index (χ0) is 13.0. The van der Waals surface area contributed by atoms with E-state index in [1.54, 1.807) is 13.3 Å². The summed E-state index contributed by atoms with van der Waals surface area (Å²) >= 11 is 0. The third-order valence-electron chi connectivity index (χ3n) is 3.10. The highest BCUT2D eigenvalue weighted by Gasteiger charge is 2.30. The monoisotopic (exact) mass is 255 g/mol. The standard InChI is InChI=1S/C12H21N3O3/c1-4-13-11(10-8-17-5-6-18-10)12-9(16-3)7-14-15(12)2/h7,10-11,13H,4-6,8H2,1-3H3. The van der Waals surface area contributed by atoms with Crippen molar-refractivity contribution in [3.63, 3.8) is 0 Å². The van der Waals surface area contributed by atoms with E-state index in [1.807, 2.05) is 11.7 Å². The Balaban J connectivity index is 2.24. The number of rotatable bonds is 5. The molecule has 6 heteroatoms. The normalized spacial score (nSPS) is 21.8. The van der Waals surface area contributed by atoms with Crippen molar-refractivity contribution in [3.8, 4) is 5.75 Å². The van der Waals surface area contributed by atoms with E-state index in [2.05, 4.69) is 17.3 Å². The van der Waals surface area contributed by atoms with Gasteiger partial charge in [-0.05, 0) is 6.54 Å². The summed E-state index contributed by atoms with van der Waals surface area (Å²) in [4.78, 5) is 0. The second kappa shape index (κ2) is 6.17. The zero-order valence-electron chi connectivity index (χ0n) is 11.2. The lowest BCUT2D eigenvalue weighted by atomic mass is 10.1. The zero-order valence-corrected chi connectivity index (χ0v) is 11.2. The Bertz CT molecular complexity index is 375. The van der Waals surface area contributed by atoms with Gasteiger partial charge in [0.2, 0.25) is 0 Å². The van der Waals surface area contributed by atoms with Crippen molar-refractivity contribution in [1.29, 1.82) is 0 Å². The van der Waals surface area contributed by atoms with Crippen molar-refractivity contribution in [1.82, 2.24) is 15.1 Å². The first-order valence-corrected chi connectivity index (χ1v) is 6.26. The fourth-order valence-corrected chi connectivity index (χ4v) is 2.26. The Labute approximate surface area is 107 Å². The fourth-order valence-electron chi connectivity index (χ4n) is 2.26. The lowest BCUT2D eigenvalue weighted by molar-refractivity contribution is -0.103. The molecule has 1 fully saturated rings. The van der Waals surface area contributed by atoms with Gasteiger partial charge in [0, 0.05) is 7.05 Å². The number of methoxy groups -OCH3 is 1. The van der Waals surface area contributed by atoms with Gasteiger partial charge >= 0.3 is 0 Å². The topological polar surface area (TPSA) is 57.5 Å². The van der Waals surface area contributed by atoms with Crippen LogP contribution in [0.1, 0.15) is 18.7 Å². The Kier molecular flexibility index (Phi) is 4.57. The fraction of sp³-hybridized carbons (Fsp3) is 0.750. The molecule has 1 aromatic heterocycles. The van der Waals surface area contributed by atoms with Crippen molar-refractivity contribution in [3.05, 3.63) is 11.9 Å². The van der Waals surface area contributed by atoms with E-state index in [1.165, 1.54) is 0 Å². The number of hydrogen-bond donors (Lipinski definition) is 1. The maximum Gasteiger partial charge on any atom is 0.161 e. The third kappa shape index (κ3) is 2.66. The number of aryl methyl sites for hydroxylation is 1. The molecule has 1 aromatic rings. The number of ether oxygens (including phenoxy) is 3. The molecule has 0 aromatic carbocycles. The van der Waals surface area contributed by atoms with Crippen molar-refractivity contribution >= 4 is 0 Å². The number of nitrogens with zero attached hydrogens (tertiary/aromatic N) is 2. The molecule has 2 unspecified atom stereocenters. The third-order valence-corrected chi connectivity index (χ3v) is 3.10. The highest BCUT2D eigenvalue weighted by atomic mass is 16.6. The van der Waals surface area contributed by atoms with Gasteiger partial charge in [0.1, 0.15) is 6.10 Å². The molecule has 1 aliphatic heterocycles. The van der Waals surface area contributed by atoms with E-state index in [9.17, 15) is 0 Å². The minimum atomic E-state index is -0.0111. The molecule has 102 valence electrons. The van der Waals surface area contributed by atoms with Gasteiger partial charge in [0.25, 0.3) is 0 Å². The molecule has 18 heavy (non-hydrogen) atoms. The van der Waals surface area contributed by atoms with Crippen molar-refractivity contribution in [2.75, 3.05) is 33.5 Å². The van der Waals surface area contributed by atoms with Crippen LogP contribution in [0.5, 0.6) is 5.75 Å². The molecule has 6 nitrogen and oxygen atoms in total. The lowest BCUT2D eigenvalue weighted by Crippen LogP contribution is -2.41. The lowest BCUT2D eigenvalue weighted by Gasteiger charge is -2.31. The summed E-state index contributed by atoms with van der Waals surface area (Å²) in [6.45, 7) is 4.80. The summed E-state index contributed by atoms with van der Waals surface area (Å²) in [6.07, 6.45) is 1.71. The summed E-state index contributed by atoms with van der Waals surface area (Å²) < 4.78 is 18.5. The number of aromatic nitrogens is 2. The van der Waals surface area contributed by atoms with Gasteiger partial charge < -0.3 is 19.5 Å². The molecule has 0 spiro atoms. The predicted octanol–water partition coefficient (Wildman–Crippen LogP) is 0.495.